The van der Waals surface area contributed by atoms with Crippen LogP contribution in [0, 0.1) is 0 Å². The molecule has 7 nitrogen and oxygen atoms in total. The first kappa shape index (κ1) is 21.2. The van der Waals surface area contributed by atoms with E-state index >= 15 is 0 Å². The number of halogens is 2. The molecule has 29 heavy (non-hydrogen) atoms. The third-order valence-corrected chi connectivity index (χ3v) is 5.65. The lowest BCUT2D eigenvalue weighted by atomic mass is 10.1. The normalized spacial score (nSPS) is 11.9. The number of Topliss-reactive ketones (excluding diaryl/α,β-unsaturated/α-hetero) is 1. The highest BCUT2D eigenvalue weighted by atomic mass is 35.5. The second-order valence-corrected chi connectivity index (χ2v) is 8.33. The fourth-order valence-corrected chi connectivity index (χ4v) is 3.72. The Bertz CT molecular complexity index is 1070. The van der Waals surface area contributed by atoms with Gasteiger partial charge in [0.15, 0.2) is 11.6 Å². The first-order chi connectivity index (χ1) is 13.8. The zero-order valence-electron chi connectivity index (χ0n) is 15.5. The van der Waals surface area contributed by atoms with Crippen LogP contribution in [0.3, 0.4) is 0 Å². The highest BCUT2D eigenvalue weighted by Gasteiger charge is 2.21. The molecule has 0 aliphatic rings. The van der Waals surface area contributed by atoms with Gasteiger partial charge in [0.25, 0.3) is 0 Å². The van der Waals surface area contributed by atoms with Crippen LogP contribution in [0.5, 0.6) is 0 Å². The van der Waals surface area contributed by atoms with Gasteiger partial charge < -0.3 is 11.2 Å². The van der Waals surface area contributed by atoms with Crippen molar-refractivity contribution in [3.05, 3.63) is 58.1 Å². The highest BCUT2D eigenvalue weighted by molar-refractivity contribution is 8.00. The number of thioether (sulfide) groups is 1. The van der Waals surface area contributed by atoms with Crippen molar-refractivity contribution >= 4 is 52.3 Å². The molecule has 3 aromatic rings. The molecule has 0 spiro atoms. The lowest BCUT2D eigenvalue weighted by molar-refractivity contribution is -0.115. The van der Waals surface area contributed by atoms with Crippen LogP contribution in [-0.2, 0) is 4.79 Å². The van der Waals surface area contributed by atoms with E-state index in [0.29, 0.717) is 37.8 Å². The van der Waals surface area contributed by atoms with E-state index in [4.69, 9.17) is 29.0 Å². The van der Waals surface area contributed by atoms with Crippen molar-refractivity contribution in [2.24, 2.45) is 0 Å². The Morgan fingerprint density at radius 3 is 2.45 bits per heavy atom. The molecule has 0 bridgehead atoms. The summed E-state index contributed by atoms with van der Waals surface area (Å²) in [7, 11) is 0. The van der Waals surface area contributed by atoms with Crippen molar-refractivity contribution in [2.75, 3.05) is 11.2 Å². The van der Waals surface area contributed by atoms with Crippen LogP contribution in [0.4, 0.5) is 5.69 Å². The standard InChI is InChI=1S/C19H17Cl2N5O2S/c1-10(27)12-3-6-14(7-4-12)23-18(28)11(2)29-19-25-24-17(26(19)22)15-8-5-13(20)9-16(15)21/h3-9,11H,22H2,1-2H3,(H,23,28). The topological polar surface area (TPSA) is 103 Å². The summed E-state index contributed by atoms with van der Waals surface area (Å²) in [6.45, 7) is 3.22. The van der Waals surface area contributed by atoms with Crippen LogP contribution in [0.1, 0.15) is 24.2 Å². The van der Waals surface area contributed by atoms with Gasteiger partial charge in [-0.1, -0.05) is 35.0 Å². The molecule has 3 rings (SSSR count). The smallest absolute Gasteiger partial charge is 0.237 e. The van der Waals surface area contributed by atoms with Gasteiger partial charge in [0.05, 0.1) is 10.3 Å². The van der Waals surface area contributed by atoms with Crippen LogP contribution < -0.4 is 11.2 Å². The Morgan fingerprint density at radius 2 is 1.83 bits per heavy atom. The van der Waals surface area contributed by atoms with Crippen molar-refractivity contribution in [3.8, 4) is 11.4 Å². The van der Waals surface area contributed by atoms with Crippen LogP contribution in [0.2, 0.25) is 10.0 Å². The van der Waals surface area contributed by atoms with Crippen LogP contribution >= 0.6 is 35.0 Å². The predicted octanol–water partition coefficient (Wildman–Crippen LogP) is 4.29. The van der Waals surface area contributed by atoms with E-state index in [1.54, 1.807) is 49.4 Å². The largest absolute Gasteiger partial charge is 0.335 e. The number of hydrogen-bond acceptors (Lipinski definition) is 6. The van der Waals surface area contributed by atoms with Gasteiger partial charge in [-0.25, -0.2) is 4.68 Å². The molecule has 10 heteroatoms. The molecule has 1 unspecified atom stereocenters. The molecule has 2 aromatic carbocycles. The average molecular weight is 450 g/mol. The van der Waals surface area contributed by atoms with E-state index in [9.17, 15) is 9.59 Å². The number of nitrogens with two attached hydrogens (primary N) is 1. The molecular weight excluding hydrogens is 433 g/mol. The zero-order chi connectivity index (χ0) is 21.1. The summed E-state index contributed by atoms with van der Waals surface area (Å²) >= 11 is 13.3. The van der Waals surface area contributed by atoms with Crippen molar-refractivity contribution in [3.63, 3.8) is 0 Å². The quantitative estimate of drug-likeness (QED) is 0.330. The molecule has 1 amide bonds. The van der Waals surface area contributed by atoms with Gasteiger partial charge in [0.1, 0.15) is 0 Å². The van der Waals surface area contributed by atoms with E-state index in [-0.39, 0.29) is 11.7 Å². The molecule has 0 aliphatic heterocycles. The predicted molar refractivity (Wildman–Crippen MR) is 116 cm³/mol. The number of carbonyl (C=O) groups is 2. The van der Waals surface area contributed by atoms with Crippen LogP contribution in [0.15, 0.2) is 47.6 Å². The summed E-state index contributed by atoms with van der Waals surface area (Å²) in [5.41, 5.74) is 1.76. The lowest BCUT2D eigenvalue weighted by Crippen LogP contribution is -2.23. The number of hydrogen-bond donors (Lipinski definition) is 2. The second kappa shape index (κ2) is 8.86. The van der Waals surface area contributed by atoms with E-state index in [1.807, 2.05) is 0 Å². The Balaban J connectivity index is 1.70. The lowest BCUT2D eigenvalue weighted by Gasteiger charge is -2.12. The molecule has 150 valence electrons. The summed E-state index contributed by atoms with van der Waals surface area (Å²) in [6.07, 6.45) is 0. The second-order valence-electron chi connectivity index (χ2n) is 6.18. The van der Waals surface area contributed by atoms with Crippen LogP contribution in [-0.4, -0.2) is 31.8 Å². The third-order valence-electron chi connectivity index (χ3n) is 4.05. The first-order valence-corrected chi connectivity index (χ1v) is 10.1. The molecule has 0 radical (unpaired) electrons. The number of carbonyl (C=O) groups excluding carboxylic acids is 2. The molecule has 1 atom stereocenters. The van der Waals surface area contributed by atoms with Gasteiger partial charge in [-0.3, -0.25) is 9.59 Å². The van der Waals surface area contributed by atoms with Crippen molar-refractivity contribution < 1.29 is 9.59 Å². The first-order valence-electron chi connectivity index (χ1n) is 8.50. The van der Waals surface area contributed by atoms with Gasteiger partial charge >= 0.3 is 0 Å². The van der Waals surface area contributed by atoms with Crippen molar-refractivity contribution in [1.29, 1.82) is 0 Å². The Morgan fingerprint density at radius 1 is 1.14 bits per heavy atom. The minimum absolute atomic E-state index is 0.0364. The number of ketones is 1. The van der Waals surface area contributed by atoms with Gasteiger partial charge in [-0.2, -0.15) is 0 Å². The summed E-state index contributed by atoms with van der Waals surface area (Å²) in [6, 6.07) is 11.7. The molecule has 1 heterocycles. The summed E-state index contributed by atoms with van der Waals surface area (Å²) in [5, 5.41) is 11.7. The minimum atomic E-state index is -0.498. The van der Waals surface area contributed by atoms with E-state index in [2.05, 4.69) is 15.5 Å². The number of amides is 1. The fraction of sp³-hybridized carbons (Fsp3) is 0.158. The summed E-state index contributed by atoms with van der Waals surface area (Å²) in [5.74, 6) is 6.19. The SMILES string of the molecule is CC(=O)c1ccc(NC(=O)C(C)Sc2nnc(-c3ccc(Cl)cc3Cl)n2N)cc1. The van der Waals surface area contributed by atoms with Crippen molar-refractivity contribution in [1.82, 2.24) is 14.9 Å². The maximum Gasteiger partial charge on any atom is 0.237 e. The molecule has 3 N–H and O–H groups in total. The van der Waals surface area contributed by atoms with Crippen molar-refractivity contribution in [2.45, 2.75) is 24.3 Å². The molecule has 1 aromatic heterocycles. The molecular formula is C19H17Cl2N5O2S. The monoisotopic (exact) mass is 449 g/mol. The van der Waals surface area contributed by atoms with E-state index in [1.165, 1.54) is 11.6 Å². The molecule has 0 saturated carbocycles. The Kier molecular flexibility index (Phi) is 6.46. The third kappa shape index (κ3) is 4.90. The number of nitrogens with zero attached hydrogens (tertiary/aromatic N) is 3. The van der Waals surface area contributed by atoms with E-state index in [0.717, 1.165) is 11.8 Å². The number of benzene rings is 2. The fourth-order valence-electron chi connectivity index (χ4n) is 2.46. The number of aromatic nitrogens is 3. The van der Waals surface area contributed by atoms with Crippen LogP contribution in [0.25, 0.3) is 11.4 Å². The highest BCUT2D eigenvalue weighted by Crippen LogP contribution is 2.31. The molecule has 0 saturated heterocycles. The van der Waals surface area contributed by atoms with Gasteiger partial charge in [-0.15, -0.1) is 10.2 Å². The average Bonchev–Trinajstić information content (AvgIpc) is 3.02. The number of nitrogen functional groups attached to an aromatic ring is 1. The molecule has 0 fully saturated rings. The number of nitrogens with one attached hydrogen (secondary N) is 1. The Hall–Kier alpha value is -2.55. The van der Waals surface area contributed by atoms with Gasteiger partial charge in [-0.05, 0) is 56.3 Å². The summed E-state index contributed by atoms with van der Waals surface area (Å²) in [4.78, 5) is 23.8. The Labute approximate surface area is 181 Å². The van der Waals surface area contributed by atoms with E-state index < -0.39 is 5.25 Å². The maximum atomic E-state index is 12.5. The number of anilines is 1. The maximum absolute atomic E-state index is 12.5. The summed E-state index contributed by atoms with van der Waals surface area (Å²) < 4.78 is 1.28. The minimum Gasteiger partial charge on any atom is -0.335 e. The molecule has 0 aliphatic carbocycles. The zero-order valence-corrected chi connectivity index (χ0v) is 17.8. The number of rotatable bonds is 6. The van der Waals surface area contributed by atoms with Gasteiger partial charge in [0.2, 0.25) is 11.1 Å². The van der Waals surface area contributed by atoms with Gasteiger partial charge in [0, 0.05) is 21.8 Å².